The molecule has 2 aromatic rings. The van der Waals surface area contributed by atoms with Crippen LogP contribution >= 0.6 is 0 Å². The molecule has 3 atom stereocenters. The van der Waals surface area contributed by atoms with E-state index < -0.39 is 48.3 Å². The van der Waals surface area contributed by atoms with Gasteiger partial charge in [0.2, 0.25) is 29.5 Å². The maximum Gasteiger partial charge on any atom is 0.243 e. The van der Waals surface area contributed by atoms with Gasteiger partial charge in [-0.2, -0.15) is 0 Å². The summed E-state index contributed by atoms with van der Waals surface area (Å²) in [6, 6.07) is 13.2. The maximum atomic E-state index is 13.1. The summed E-state index contributed by atoms with van der Waals surface area (Å²) >= 11 is 0. The van der Waals surface area contributed by atoms with Crippen LogP contribution in [-0.4, -0.2) is 77.4 Å². The van der Waals surface area contributed by atoms with Crippen molar-refractivity contribution in [2.75, 3.05) is 19.8 Å². The second-order valence-corrected chi connectivity index (χ2v) is 10.5. The third kappa shape index (κ3) is 9.91. The summed E-state index contributed by atoms with van der Waals surface area (Å²) in [4.78, 5) is 64.3. The van der Waals surface area contributed by atoms with Crippen LogP contribution < -0.4 is 27.0 Å². The van der Waals surface area contributed by atoms with Crippen LogP contribution in [0, 0.1) is 5.92 Å². The topological polar surface area (TPSA) is 183 Å². The lowest BCUT2D eigenvalue weighted by atomic mass is 10.0. The van der Waals surface area contributed by atoms with Gasteiger partial charge in [0, 0.05) is 6.42 Å². The summed E-state index contributed by atoms with van der Waals surface area (Å²) < 4.78 is 0. The van der Waals surface area contributed by atoms with Gasteiger partial charge in [0.05, 0.1) is 19.3 Å². The number of nitrogens with one attached hydrogen (secondary N) is 4. The Morgan fingerprint density at radius 3 is 2.29 bits per heavy atom. The Kier molecular flexibility index (Phi) is 11.2. The van der Waals surface area contributed by atoms with Gasteiger partial charge < -0.3 is 31.7 Å². The molecule has 0 aliphatic carbocycles. The highest BCUT2D eigenvalue weighted by Gasteiger charge is 2.32. The number of rotatable bonds is 14. The Morgan fingerprint density at radius 2 is 1.66 bits per heavy atom. The lowest BCUT2D eigenvalue weighted by molar-refractivity contribution is -0.134. The molecule has 1 heterocycles. The molecule has 0 aromatic heterocycles. The highest BCUT2D eigenvalue weighted by atomic mass is 16.3. The molecule has 0 saturated carbocycles. The second kappa shape index (κ2) is 14.8. The van der Waals surface area contributed by atoms with Crippen LogP contribution in [0.15, 0.2) is 54.6 Å². The largest absolute Gasteiger partial charge is 0.508 e. The van der Waals surface area contributed by atoms with E-state index in [1.165, 1.54) is 4.90 Å². The van der Waals surface area contributed by atoms with Crippen LogP contribution in [-0.2, 0) is 36.8 Å². The van der Waals surface area contributed by atoms with Gasteiger partial charge in [0.25, 0.3) is 0 Å². The standard InChI is InChI=1S/C29H38N6O6/c1-18(2)12-22(27(30)39)34-28(40)23(13-19-6-4-3-5-7-19)33-25(37)15-31-26(38)16-35-17-32-24(29(35)41)14-20-8-10-21(36)11-9-20/h3-11,18,22-24,32,36H,12-17H2,1-2H3,(H2,30,39)(H,31,38)(H,33,37)(H,34,40)/t22-,23-,24-/m0/s1. The molecule has 41 heavy (non-hydrogen) atoms. The van der Waals surface area contributed by atoms with Crippen molar-refractivity contribution in [2.45, 2.75) is 51.2 Å². The van der Waals surface area contributed by atoms with Crippen LogP contribution in [0.1, 0.15) is 31.4 Å². The Labute approximate surface area is 239 Å². The first kappa shape index (κ1) is 31.1. The Balaban J connectivity index is 1.53. The molecule has 2 aromatic carbocycles. The first-order valence-electron chi connectivity index (χ1n) is 13.5. The molecule has 220 valence electrons. The predicted molar refractivity (Wildman–Crippen MR) is 151 cm³/mol. The number of phenolic OH excluding ortho intramolecular Hbond substituents is 1. The summed E-state index contributed by atoms with van der Waals surface area (Å²) in [5, 5.41) is 20.2. The number of nitrogens with two attached hydrogens (primary N) is 1. The van der Waals surface area contributed by atoms with E-state index in [-0.39, 0.29) is 37.2 Å². The summed E-state index contributed by atoms with van der Waals surface area (Å²) in [7, 11) is 0. The number of primary amides is 1. The quantitative estimate of drug-likeness (QED) is 0.179. The number of aromatic hydroxyl groups is 1. The molecule has 12 nitrogen and oxygen atoms in total. The first-order valence-corrected chi connectivity index (χ1v) is 13.5. The molecule has 1 aliphatic rings. The third-order valence-corrected chi connectivity index (χ3v) is 6.60. The van der Waals surface area contributed by atoms with Gasteiger partial charge in [0.1, 0.15) is 24.4 Å². The molecule has 7 N–H and O–H groups in total. The average Bonchev–Trinajstić information content (AvgIpc) is 3.26. The number of phenols is 1. The molecule has 0 radical (unpaired) electrons. The monoisotopic (exact) mass is 566 g/mol. The molecule has 1 aliphatic heterocycles. The van der Waals surface area contributed by atoms with Gasteiger partial charge in [-0.05, 0) is 42.0 Å². The van der Waals surface area contributed by atoms with Gasteiger partial charge in [-0.15, -0.1) is 0 Å². The van der Waals surface area contributed by atoms with Gasteiger partial charge >= 0.3 is 0 Å². The molecule has 12 heteroatoms. The molecule has 5 amide bonds. The van der Waals surface area contributed by atoms with E-state index in [2.05, 4.69) is 21.3 Å². The lowest BCUT2D eigenvalue weighted by Gasteiger charge is -2.23. The Bertz CT molecular complexity index is 1220. The minimum absolute atomic E-state index is 0.103. The molecule has 0 bridgehead atoms. The van der Waals surface area contributed by atoms with E-state index in [0.29, 0.717) is 12.8 Å². The Hall–Kier alpha value is -4.45. The minimum atomic E-state index is -1.01. The highest BCUT2D eigenvalue weighted by molar-refractivity contribution is 5.94. The SMILES string of the molecule is CC(C)C[C@H](NC(=O)[C@H](Cc1ccccc1)NC(=O)CNC(=O)CN1CN[C@@H](Cc2ccc(O)cc2)C1=O)C(N)=O. The fraction of sp³-hybridized carbons (Fsp3) is 0.414. The number of benzene rings is 2. The average molecular weight is 567 g/mol. The first-order chi connectivity index (χ1) is 19.5. The smallest absolute Gasteiger partial charge is 0.243 e. The van der Waals surface area contributed by atoms with E-state index in [1.54, 1.807) is 36.4 Å². The van der Waals surface area contributed by atoms with Crippen molar-refractivity contribution in [1.82, 2.24) is 26.2 Å². The van der Waals surface area contributed by atoms with Gasteiger partial charge in [0.15, 0.2) is 0 Å². The number of carbonyl (C=O) groups excluding carboxylic acids is 5. The van der Waals surface area contributed by atoms with Crippen molar-refractivity contribution >= 4 is 29.5 Å². The van der Waals surface area contributed by atoms with Gasteiger partial charge in [-0.1, -0.05) is 56.3 Å². The van der Waals surface area contributed by atoms with Crippen molar-refractivity contribution in [2.24, 2.45) is 11.7 Å². The predicted octanol–water partition coefficient (Wildman–Crippen LogP) is -0.447. The fourth-order valence-electron chi connectivity index (χ4n) is 4.47. The summed E-state index contributed by atoms with van der Waals surface area (Å²) in [5.41, 5.74) is 7.12. The van der Waals surface area contributed by atoms with Gasteiger partial charge in [-0.25, -0.2) is 0 Å². The van der Waals surface area contributed by atoms with Crippen molar-refractivity contribution in [1.29, 1.82) is 0 Å². The highest BCUT2D eigenvalue weighted by Crippen LogP contribution is 2.14. The van der Waals surface area contributed by atoms with E-state index >= 15 is 0 Å². The van der Waals surface area contributed by atoms with Crippen LogP contribution in [0.4, 0.5) is 0 Å². The molecule has 0 spiro atoms. The lowest BCUT2D eigenvalue weighted by Crippen LogP contribution is -2.55. The normalized spacial score (nSPS) is 16.2. The molecular weight excluding hydrogens is 528 g/mol. The Morgan fingerprint density at radius 1 is 0.976 bits per heavy atom. The summed E-state index contributed by atoms with van der Waals surface area (Å²) in [6.45, 7) is 3.33. The zero-order valence-electron chi connectivity index (χ0n) is 23.3. The van der Waals surface area contributed by atoms with Crippen LogP contribution in [0.5, 0.6) is 5.75 Å². The van der Waals surface area contributed by atoms with Crippen LogP contribution in [0.25, 0.3) is 0 Å². The molecule has 1 fully saturated rings. The fourth-order valence-corrected chi connectivity index (χ4v) is 4.47. The van der Waals surface area contributed by atoms with Gasteiger partial charge in [-0.3, -0.25) is 29.3 Å². The summed E-state index contributed by atoms with van der Waals surface area (Å²) in [6.07, 6.45) is 0.914. The number of carbonyl (C=O) groups is 5. The van der Waals surface area contributed by atoms with Crippen molar-refractivity contribution in [3.8, 4) is 5.75 Å². The zero-order valence-corrected chi connectivity index (χ0v) is 23.3. The maximum absolute atomic E-state index is 13.1. The van der Waals surface area contributed by atoms with E-state index in [1.807, 2.05) is 32.0 Å². The zero-order chi connectivity index (χ0) is 29.9. The van der Waals surface area contributed by atoms with E-state index in [4.69, 9.17) is 5.73 Å². The number of hydrogen-bond acceptors (Lipinski definition) is 7. The van der Waals surface area contributed by atoms with Crippen molar-refractivity contribution in [3.05, 3.63) is 65.7 Å². The van der Waals surface area contributed by atoms with Crippen LogP contribution in [0.2, 0.25) is 0 Å². The molecule has 1 saturated heterocycles. The third-order valence-electron chi connectivity index (χ3n) is 6.60. The van der Waals surface area contributed by atoms with Crippen molar-refractivity contribution < 1.29 is 29.1 Å². The number of nitrogens with zero attached hydrogens (tertiary/aromatic N) is 1. The number of hydrogen-bond donors (Lipinski definition) is 6. The molecule has 3 rings (SSSR count). The number of amides is 5. The van der Waals surface area contributed by atoms with E-state index in [9.17, 15) is 29.1 Å². The second-order valence-electron chi connectivity index (χ2n) is 10.5. The summed E-state index contributed by atoms with van der Waals surface area (Å²) in [5.74, 6) is -2.38. The molecular formula is C29H38N6O6. The van der Waals surface area contributed by atoms with Crippen molar-refractivity contribution in [3.63, 3.8) is 0 Å². The van der Waals surface area contributed by atoms with E-state index in [0.717, 1.165) is 11.1 Å². The van der Waals surface area contributed by atoms with Crippen LogP contribution in [0.3, 0.4) is 0 Å². The molecule has 0 unspecified atom stereocenters. The minimum Gasteiger partial charge on any atom is -0.508 e.